The van der Waals surface area contributed by atoms with Crippen molar-refractivity contribution < 1.29 is 4.43 Å². The van der Waals surface area contributed by atoms with E-state index in [0.717, 1.165) is 22.4 Å². The Labute approximate surface area is 224 Å². The van der Waals surface area contributed by atoms with Gasteiger partial charge in [0.1, 0.15) is 5.15 Å². The molecule has 0 atom stereocenters. The molecule has 0 fully saturated rings. The van der Waals surface area contributed by atoms with E-state index in [1.165, 1.54) is 10.4 Å². The standard InChI is InChI=1S/C29H31Cl2N3OSi/c1-21-15-16-22(17-26(21)32-18-23-19-33-28(31)34-27(23)30)20-35-36(29(2,3)4,24-11-7-5-8-12-24)25-13-9-6-10-14-25/h5-17,19,32H,18,20H2,1-4H3. The second kappa shape index (κ2) is 11.1. The van der Waals surface area contributed by atoms with E-state index in [1.54, 1.807) is 6.20 Å². The third kappa shape index (κ3) is 5.65. The molecule has 0 spiro atoms. The highest BCUT2D eigenvalue weighted by Gasteiger charge is 2.50. The fourth-order valence-corrected chi connectivity index (χ4v) is 9.49. The highest BCUT2D eigenvalue weighted by molar-refractivity contribution is 6.99. The Morgan fingerprint density at radius 2 is 1.50 bits per heavy atom. The van der Waals surface area contributed by atoms with Gasteiger partial charge in [0.05, 0.1) is 6.61 Å². The highest BCUT2D eigenvalue weighted by atomic mass is 35.5. The van der Waals surface area contributed by atoms with Crippen molar-refractivity contribution in [3.63, 3.8) is 0 Å². The molecule has 36 heavy (non-hydrogen) atoms. The molecule has 0 saturated carbocycles. The molecule has 7 heteroatoms. The molecule has 0 unspecified atom stereocenters. The smallest absolute Gasteiger partial charge is 0.261 e. The fraction of sp³-hybridized carbons (Fsp3) is 0.241. The van der Waals surface area contributed by atoms with Crippen LogP contribution in [-0.4, -0.2) is 18.3 Å². The first-order valence-electron chi connectivity index (χ1n) is 12.0. The van der Waals surface area contributed by atoms with E-state index in [0.29, 0.717) is 18.3 Å². The fourth-order valence-electron chi connectivity index (χ4n) is 4.58. The lowest BCUT2D eigenvalue weighted by Crippen LogP contribution is -2.66. The molecular formula is C29H31Cl2N3OSi. The van der Waals surface area contributed by atoms with Crippen LogP contribution in [0.3, 0.4) is 0 Å². The van der Waals surface area contributed by atoms with Crippen molar-refractivity contribution in [2.75, 3.05) is 5.32 Å². The Kier molecular flexibility index (Phi) is 8.16. The van der Waals surface area contributed by atoms with Crippen LogP contribution in [0.15, 0.2) is 85.1 Å². The zero-order chi connectivity index (χ0) is 25.8. The Balaban J connectivity index is 1.63. The maximum atomic E-state index is 7.10. The van der Waals surface area contributed by atoms with Gasteiger partial charge in [0.25, 0.3) is 8.32 Å². The summed E-state index contributed by atoms with van der Waals surface area (Å²) in [6.07, 6.45) is 1.65. The minimum atomic E-state index is -2.61. The number of aryl methyl sites for hydroxylation is 1. The van der Waals surface area contributed by atoms with Gasteiger partial charge in [-0.2, -0.15) is 0 Å². The second-order valence-corrected chi connectivity index (χ2v) is 14.9. The number of rotatable bonds is 8. The van der Waals surface area contributed by atoms with Crippen LogP contribution in [0.2, 0.25) is 15.5 Å². The molecule has 4 aromatic rings. The Hall–Kier alpha value is -2.70. The van der Waals surface area contributed by atoms with E-state index in [1.807, 2.05) is 0 Å². The van der Waals surface area contributed by atoms with Gasteiger partial charge in [-0.15, -0.1) is 0 Å². The first kappa shape index (κ1) is 26.4. The van der Waals surface area contributed by atoms with Crippen molar-refractivity contribution in [3.05, 3.63) is 112 Å². The number of anilines is 1. The Morgan fingerprint density at radius 3 is 2.06 bits per heavy atom. The number of hydrogen-bond donors (Lipinski definition) is 1. The van der Waals surface area contributed by atoms with Crippen LogP contribution < -0.4 is 15.7 Å². The summed E-state index contributed by atoms with van der Waals surface area (Å²) < 4.78 is 7.10. The summed E-state index contributed by atoms with van der Waals surface area (Å²) >= 11 is 12.1. The molecule has 1 N–H and O–H groups in total. The lowest BCUT2D eigenvalue weighted by atomic mass is 10.1. The largest absolute Gasteiger partial charge is 0.403 e. The highest BCUT2D eigenvalue weighted by Crippen LogP contribution is 2.37. The van der Waals surface area contributed by atoms with E-state index < -0.39 is 8.32 Å². The molecule has 186 valence electrons. The molecule has 0 aliphatic rings. The van der Waals surface area contributed by atoms with Crippen LogP contribution in [0.25, 0.3) is 0 Å². The van der Waals surface area contributed by atoms with Gasteiger partial charge in [-0.3, -0.25) is 0 Å². The zero-order valence-corrected chi connectivity index (χ0v) is 23.6. The molecule has 0 aliphatic heterocycles. The number of aromatic nitrogens is 2. The molecule has 0 radical (unpaired) electrons. The van der Waals surface area contributed by atoms with Gasteiger partial charge < -0.3 is 9.74 Å². The van der Waals surface area contributed by atoms with Gasteiger partial charge in [-0.25, -0.2) is 9.97 Å². The van der Waals surface area contributed by atoms with E-state index in [-0.39, 0.29) is 10.3 Å². The molecule has 4 rings (SSSR count). The quantitative estimate of drug-likeness (QED) is 0.153. The van der Waals surface area contributed by atoms with Crippen molar-refractivity contribution in [1.82, 2.24) is 9.97 Å². The molecule has 1 heterocycles. The molecule has 0 amide bonds. The van der Waals surface area contributed by atoms with Crippen molar-refractivity contribution in [2.45, 2.75) is 45.9 Å². The molecule has 0 bridgehead atoms. The summed E-state index contributed by atoms with van der Waals surface area (Å²) in [7, 11) is -2.61. The summed E-state index contributed by atoms with van der Waals surface area (Å²) in [5, 5.41) is 6.43. The summed E-state index contributed by atoms with van der Waals surface area (Å²) in [4.78, 5) is 8.07. The average Bonchev–Trinajstić information content (AvgIpc) is 2.86. The van der Waals surface area contributed by atoms with E-state index in [4.69, 9.17) is 27.6 Å². The van der Waals surface area contributed by atoms with E-state index in [9.17, 15) is 0 Å². The molecule has 0 saturated heterocycles. The SMILES string of the molecule is Cc1ccc(CO[Si](c2ccccc2)(c2ccccc2)C(C)(C)C)cc1NCc1cnc(Cl)nc1Cl. The third-order valence-electron chi connectivity index (χ3n) is 6.43. The van der Waals surface area contributed by atoms with E-state index in [2.05, 4.69) is 122 Å². The molecule has 4 nitrogen and oxygen atoms in total. The van der Waals surface area contributed by atoms with Gasteiger partial charge in [-0.05, 0) is 51.1 Å². The monoisotopic (exact) mass is 535 g/mol. The van der Waals surface area contributed by atoms with Gasteiger partial charge in [-0.1, -0.05) is 105 Å². The lowest BCUT2D eigenvalue weighted by molar-refractivity contribution is 0.286. The summed E-state index contributed by atoms with van der Waals surface area (Å²) in [6.45, 7) is 9.95. The summed E-state index contributed by atoms with van der Waals surface area (Å²) in [6, 6.07) is 27.8. The van der Waals surface area contributed by atoms with Crippen LogP contribution in [0.4, 0.5) is 5.69 Å². The van der Waals surface area contributed by atoms with E-state index >= 15 is 0 Å². The van der Waals surface area contributed by atoms with Crippen LogP contribution in [-0.2, 0) is 17.6 Å². The van der Waals surface area contributed by atoms with Crippen LogP contribution >= 0.6 is 23.2 Å². The van der Waals surface area contributed by atoms with Gasteiger partial charge in [0.2, 0.25) is 5.28 Å². The summed E-state index contributed by atoms with van der Waals surface area (Å²) in [5.41, 5.74) is 4.05. The predicted molar refractivity (Wildman–Crippen MR) is 153 cm³/mol. The van der Waals surface area contributed by atoms with Crippen molar-refractivity contribution >= 4 is 47.6 Å². The maximum absolute atomic E-state index is 7.10. The predicted octanol–water partition coefficient (Wildman–Crippen LogP) is 6.78. The molecule has 3 aromatic carbocycles. The van der Waals surface area contributed by atoms with Gasteiger partial charge >= 0.3 is 0 Å². The minimum absolute atomic E-state index is 0.0766. The van der Waals surface area contributed by atoms with Crippen LogP contribution in [0.1, 0.15) is 37.5 Å². The summed E-state index contributed by atoms with van der Waals surface area (Å²) in [5.74, 6) is 0. The Morgan fingerprint density at radius 1 is 0.889 bits per heavy atom. The second-order valence-electron chi connectivity index (χ2n) is 9.91. The Bertz CT molecular complexity index is 1270. The van der Waals surface area contributed by atoms with Gasteiger partial charge in [0.15, 0.2) is 0 Å². The molecule has 1 aromatic heterocycles. The number of benzene rings is 3. The van der Waals surface area contributed by atoms with Gasteiger partial charge in [0, 0.05) is 24.0 Å². The van der Waals surface area contributed by atoms with Crippen molar-refractivity contribution in [2.24, 2.45) is 0 Å². The van der Waals surface area contributed by atoms with Crippen molar-refractivity contribution in [3.8, 4) is 0 Å². The molecule has 0 aliphatic carbocycles. The minimum Gasteiger partial charge on any atom is -0.403 e. The molecular weight excluding hydrogens is 505 g/mol. The van der Waals surface area contributed by atoms with Crippen molar-refractivity contribution in [1.29, 1.82) is 0 Å². The third-order valence-corrected chi connectivity index (χ3v) is 11.9. The zero-order valence-electron chi connectivity index (χ0n) is 21.1. The van der Waals surface area contributed by atoms with Crippen LogP contribution in [0, 0.1) is 6.92 Å². The first-order chi connectivity index (χ1) is 17.2. The lowest BCUT2D eigenvalue weighted by Gasteiger charge is -2.43. The number of hydrogen-bond acceptors (Lipinski definition) is 4. The number of nitrogens with zero attached hydrogens (tertiary/aromatic N) is 2. The topological polar surface area (TPSA) is 47.0 Å². The van der Waals surface area contributed by atoms with Crippen LogP contribution in [0.5, 0.6) is 0 Å². The first-order valence-corrected chi connectivity index (χ1v) is 14.6. The number of nitrogens with one attached hydrogen (secondary N) is 1. The maximum Gasteiger partial charge on any atom is 0.261 e. The average molecular weight is 537 g/mol. The number of halogens is 2. The normalized spacial score (nSPS) is 11.9.